The molecule has 2 amide bonds. The minimum absolute atomic E-state index is 0.166. The molecule has 1 saturated heterocycles. The summed E-state index contributed by atoms with van der Waals surface area (Å²) in [7, 11) is 0. The Morgan fingerprint density at radius 2 is 1.97 bits per heavy atom. The van der Waals surface area contributed by atoms with Crippen LogP contribution in [0.25, 0.3) is 16.5 Å². The fraction of sp³-hybridized carbons (Fsp3) is 0.296. The second-order valence-electron chi connectivity index (χ2n) is 9.42. The number of carbonyl (C=O) groups is 2. The number of benzene rings is 3. The second-order valence-corrected chi connectivity index (χ2v) is 9.86. The first-order valence-electron chi connectivity index (χ1n) is 12.3. The molecular formula is C27H28ClN7O2. The maximum atomic E-state index is 12.9. The number of amides is 2. The van der Waals surface area contributed by atoms with Gasteiger partial charge in [-0.2, -0.15) is 0 Å². The van der Waals surface area contributed by atoms with Crippen molar-refractivity contribution in [3.63, 3.8) is 0 Å². The van der Waals surface area contributed by atoms with Crippen molar-refractivity contribution in [1.82, 2.24) is 36.2 Å². The molecule has 1 aliphatic heterocycles. The number of carbonyl (C=O) groups excluding carboxylic acids is 2. The quantitative estimate of drug-likeness (QED) is 0.331. The topological polar surface area (TPSA) is 114 Å². The first kappa shape index (κ1) is 24.9. The van der Waals surface area contributed by atoms with Crippen LogP contribution >= 0.6 is 11.6 Å². The molecule has 1 aliphatic rings. The lowest BCUT2D eigenvalue weighted by atomic mass is 9.95. The average Bonchev–Trinajstić information content (AvgIpc) is 3.60. The van der Waals surface area contributed by atoms with Gasteiger partial charge >= 0.3 is 0 Å². The number of hydrogen-bond donors (Lipinski definition) is 3. The molecule has 3 N–H and O–H groups in total. The maximum absolute atomic E-state index is 12.9. The van der Waals surface area contributed by atoms with Gasteiger partial charge in [-0.1, -0.05) is 54.1 Å². The Balaban J connectivity index is 1.12. The zero-order chi connectivity index (χ0) is 25.8. The first-order valence-corrected chi connectivity index (χ1v) is 12.6. The highest BCUT2D eigenvalue weighted by molar-refractivity contribution is 6.30. The Hall–Kier alpha value is -3.82. The molecule has 1 fully saturated rings. The standard InChI is InChI=1S/C27H28ClN7O2/c1-17(26(36)30-15-22-13-23(28)8-9-25(22)35-16-31-33-34-35)32-27(37)24-12-19(14-29-24)10-18-6-7-20-4-2-3-5-21(20)11-18/h2-9,11,13,16-17,19,24,29H,10,12,14-15H2,1H3,(H,30,36)(H,32,37)/t17-,19-,24+/m0/s1. The molecule has 3 atom stereocenters. The van der Waals surface area contributed by atoms with E-state index in [0.717, 1.165) is 24.9 Å². The Bertz CT molecular complexity index is 1410. The minimum atomic E-state index is -0.690. The first-order chi connectivity index (χ1) is 18.0. The molecule has 3 aromatic carbocycles. The van der Waals surface area contributed by atoms with Crippen LogP contribution in [0.4, 0.5) is 0 Å². The van der Waals surface area contributed by atoms with Gasteiger partial charge in [0.05, 0.1) is 11.7 Å². The number of aromatic nitrogens is 4. The maximum Gasteiger partial charge on any atom is 0.242 e. The summed E-state index contributed by atoms with van der Waals surface area (Å²) in [5, 5.41) is 23.2. The van der Waals surface area contributed by atoms with Gasteiger partial charge in [0.25, 0.3) is 0 Å². The third-order valence-corrected chi connectivity index (χ3v) is 6.95. The zero-order valence-corrected chi connectivity index (χ0v) is 21.2. The van der Waals surface area contributed by atoms with Gasteiger partial charge in [-0.15, -0.1) is 5.10 Å². The molecule has 0 spiro atoms. The number of nitrogens with one attached hydrogen (secondary N) is 3. The fourth-order valence-corrected chi connectivity index (χ4v) is 4.96. The van der Waals surface area contributed by atoms with Gasteiger partial charge in [-0.25, -0.2) is 4.68 Å². The van der Waals surface area contributed by atoms with Crippen LogP contribution in [0, 0.1) is 5.92 Å². The summed E-state index contributed by atoms with van der Waals surface area (Å²) in [6, 6.07) is 19.1. The van der Waals surface area contributed by atoms with E-state index >= 15 is 0 Å². The number of rotatable bonds is 8. The molecule has 1 aromatic heterocycles. The van der Waals surface area contributed by atoms with Crippen LogP contribution in [-0.4, -0.2) is 50.7 Å². The van der Waals surface area contributed by atoms with Crippen LogP contribution in [-0.2, 0) is 22.6 Å². The van der Waals surface area contributed by atoms with E-state index in [0.29, 0.717) is 16.6 Å². The van der Waals surface area contributed by atoms with Crippen LogP contribution in [0.15, 0.2) is 67.0 Å². The van der Waals surface area contributed by atoms with Crippen molar-refractivity contribution in [2.75, 3.05) is 6.54 Å². The van der Waals surface area contributed by atoms with Crippen molar-refractivity contribution in [2.24, 2.45) is 5.92 Å². The zero-order valence-electron chi connectivity index (χ0n) is 20.4. The van der Waals surface area contributed by atoms with E-state index in [1.165, 1.54) is 27.3 Å². The van der Waals surface area contributed by atoms with Crippen molar-refractivity contribution in [2.45, 2.75) is 38.4 Å². The van der Waals surface area contributed by atoms with E-state index in [9.17, 15) is 9.59 Å². The summed E-state index contributed by atoms with van der Waals surface area (Å²) in [6.07, 6.45) is 3.10. The van der Waals surface area contributed by atoms with Gasteiger partial charge < -0.3 is 16.0 Å². The predicted octanol–water partition coefficient (Wildman–Crippen LogP) is 2.81. The monoisotopic (exact) mass is 517 g/mol. The van der Waals surface area contributed by atoms with Crippen molar-refractivity contribution >= 4 is 34.2 Å². The van der Waals surface area contributed by atoms with Crippen LogP contribution in [0.3, 0.4) is 0 Å². The average molecular weight is 518 g/mol. The molecule has 0 saturated carbocycles. The Kier molecular flexibility index (Phi) is 7.43. The molecular weight excluding hydrogens is 490 g/mol. The van der Waals surface area contributed by atoms with Gasteiger partial charge in [0, 0.05) is 11.6 Å². The Morgan fingerprint density at radius 1 is 1.14 bits per heavy atom. The number of fused-ring (bicyclic) bond motifs is 1. The normalized spacial score (nSPS) is 18.0. The van der Waals surface area contributed by atoms with Gasteiger partial charge in [-0.05, 0) is 82.8 Å². The smallest absolute Gasteiger partial charge is 0.242 e. The van der Waals surface area contributed by atoms with Gasteiger partial charge in [0.2, 0.25) is 11.8 Å². The van der Waals surface area contributed by atoms with Crippen molar-refractivity contribution in [3.05, 3.63) is 83.1 Å². The molecule has 2 heterocycles. The van der Waals surface area contributed by atoms with Crippen LogP contribution in [0.1, 0.15) is 24.5 Å². The highest BCUT2D eigenvalue weighted by Gasteiger charge is 2.31. The van der Waals surface area contributed by atoms with Crippen molar-refractivity contribution in [3.8, 4) is 5.69 Å². The predicted molar refractivity (Wildman–Crippen MR) is 141 cm³/mol. The molecule has 37 heavy (non-hydrogen) atoms. The number of tetrazole rings is 1. The molecule has 190 valence electrons. The summed E-state index contributed by atoms with van der Waals surface area (Å²) < 4.78 is 1.50. The Morgan fingerprint density at radius 3 is 2.78 bits per heavy atom. The van der Waals surface area contributed by atoms with Crippen molar-refractivity contribution in [1.29, 1.82) is 0 Å². The highest BCUT2D eigenvalue weighted by atomic mass is 35.5. The van der Waals surface area contributed by atoms with E-state index < -0.39 is 6.04 Å². The molecule has 0 aliphatic carbocycles. The minimum Gasteiger partial charge on any atom is -0.350 e. The lowest BCUT2D eigenvalue weighted by Crippen LogP contribution is -2.50. The van der Waals surface area contributed by atoms with Crippen LogP contribution in [0.2, 0.25) is 5.02 Å². The van der Waals surface area contributed by atoms with Gasteiger partial charge in [-0.3, -0.25) is 9.59 Å². The van der Waals surface area contributed by atoms with E-state index in [-0.39, 0.29) is 24.4 Å². The van der Waals surface area contributed by atoms with E-state index in [2.05, 4.69) is 61.8 Å². The third-order valence-electron chi connectivity index (χ3n) is 6.72. The summed E-state index contributed by atoms with van der Waals surface area (Å²) in [5.74, 6) is -0.101. The van der Waals surface area contributed by atoms with Gasteiger partial charge in [0.1, 0.15) is 12.4 Å². The summed E-state index contributed by atoms with van der Waals surface area (Å²) >= 11 is 6.15. The number of nitrogens with zero attached hydrogens (tertiary/aromatic N) is 4. The SMILES string of the molecule is C[C@H](NC(=O)[C@H]1C[C@H](Cc2ccc3ccccc3c2)CN1)C(=O)NCc1cc(Cl)ccc1-n1cnnn1. The molecule has 0 unspecified atom stereocenters. The molecule has 9 nitrogen and oxygen atoms in total. The summed E-state index contributed by atoms with van der Waals surface area (Å²) in [4.78, 5) is 25.6. The van der Waals surface area contributed by atoms with Crippen LogP contribution < -0.4 is 16.0 Å². The van der Waals surface area contributed by atoms with E-state index in [1.807, 2.05) is 12.1 Å². The van der Waals surface area contributed by atoms with Crippen LogP contribution in [0.5, 0.6) is 0 Å². The molecule has 5 rings (SSSR count). The Labute approximate surface area is 219 Å². The third kappa shape index (κ3) is 5.95. The molecule has 10 heteroatoms. The summed E-state index contributed by atoms with van der Waals surface area (Å²) in [6.45, 7) is 2.65. The highest BCUT2D eigenvalue weighted by Crippen LogP contribution is 2.23. The van der Waals surface area contributed by atoms with E-state index in [1.54, 1.807) is 25.1 Å². The fourth-order valence-electron chi connectivity index (χ4n) is 4.77. The lowest BCUT2D eigenvalue weighted by molar-refractivity contribution is -0.129. The molecule has 4 aromatic rings. The molecule has 0 radical (unpaired) electrons. The second kappa shape index (κ2) is 11.1. The number of hydrogen-bond acceptors (Lipinski definition) is 6. The summed E-state index contributed by atoms with van der Waals surface area (Å²) in [5.41, 5.74) is 2.72. The number of halogens is 1. The largest absolute Gasteiger partial charge is 0.350 e. The van der Waals surface area contributed by atoms with Gasteiger partial charge in [0.15, 0.2) is 0 Å². The van der Waals surface area contributed by atoms with E-state index in [4.69, 9.17) is 11.6 Å². The molecule has 0 bridgehead atoms. The lowest BCUT2D eigenvalue weighted by Gasteiger charge is -2.18. The van der Waals surface area contributed by atoms with Crippen molar-refractivity contribution < 1.29 is 9.59 Å².